The molecule has 0 fully saturated rings. The highest BCUT2D eigenvalue weighted by Gasteiger charge is 2.11. The first-order chi connectivity index (χ1) is 9.85. The first kappa shape index (κ1) is 13.7. The van der Waals surface area contributed by atoms with Gasteiger partial charge in [0.2, 0.25) is 0 Å². The fourth-order valence-corrected chi connectivity index (χ4v) is 3.57. The first-order valence-electron chi connectivity index (χ1n) is 7.44. The number of fused-ring (bicyclic) bond motifs is 1. The Balaban J connectivity index is 1.68. The van der Waals surface area contributed by atoms with Gasteiger partial charge in [0.15, 0.2) is 0 Å². The average molecular weight is 283 g/mol. The maximum Gasteiger partial charge on any atom is 0.0205 e. The van der Waals surface area contributed by atoms with Gasteiger partial charge in [-0.05, 0) is 66.8 Å². The maximum absolute atomic E-state index is 3.36. The van der Waals surface area contributed by atoms with E-state index in [-0.39, 0.29) is 0 Å². The van der Waals surface area contributed by atoms with Crippen molar-refractivity contribution in [2.24, 2.45) is 0 Å². The Hall–Kier alpha value is -1.25. The van der Waals surface area contributed by atoms with Crippen molar-refractivity contribution in [2.45, 2.75) is 42.5 Å². The summed E-state index contributed by atoms with van der Waals surface area (Å²) in [6, 6.07) is 15.8. The molecule has 2 aromatic carbocycles. The highest BCUT2D eigenvalue weighted by atomic mass is 32.2. The van der Waals surface area contributed by atoms with Crippen LogP contribution < -0.4 is 5.32 Å². The molecule has 0 heterocycles. The van der Waals surface area contributed by atoms with E-state index in [1.807, 2.05) is 11.8 Å². The Bertz CT molecular complexity index is 574. The van der Waals surface area contributed by atoms with Gasteiger partial charge in [-0.1, -0.05) is 36.9 Å². The fourth-order valence-electron chi connectivity index (χ4n) is 2.69. The van der Waals surface area contributed by atoms with Crippen molar-refractivity contribution in [1.82, 2.24) is 5.32 Å². The number of nitrogens with one attached hydrogen (secondary N) is 1. The molecule has 0 saturated carbocycles. The van der Waals surface area contributed by atoms with E-state index in [1.165, 1.54) is 34.6 Å². The Labute approximate surface area is 125 Å². The summed E-state index contributed by atoms with van der Waals surface area (Å²) in [4.78, 5) is 2.69. The average Bonchev–Trinajstić information content (AvgIpc) is 2.94. The van der Waals surface area contributed by atoms with Crippen LogP contribution in [0.3, 0.4) is 0 Å². The first-order valence-corrected chi connectivity index (χ1v) is 8.26. The van der Waals surface area contributed by atoms with E-state index in [1.54, 1.807) is 11.1 Å². The van der Waals surface area contributed by atoms with Crippen LogP contribution in [-0.4, -0.2) is 6.54 Å². The van der Waals surface area contributed by atoms with Crippen molar-refractivity contribution in [3.8, 4) is 0 Å². The van der Waals surface area contributed by atoms with Gasteiger partial charge in [-0.2, -0.15) is 0 Å². The Morgan fingerprint density at radius 3 is 2.50 bits per heavy atom. The van der Waals surface area contributed by atoms with Crippen LogP contribution in [-0.2, 0) is 19.4 Å². The molecule has 3 rings (SSSR count). The molecule has 2 aromatic rings. The van der Waals surface area contributed by atoms with Gasteiger partial charge in [0.25, 0.3) is 0 Å². The molecule has 0 unspecified atom stereocenters. The quantitative estimate of drug-likeness (QED) is 0.871. The molecule has 1 aliphatic carbocycles. The molecule has 0 bridgehead atoms. The third-order valence-electron chi connectivity index (χ3n) is 3.81. The van der Waals surface area contributed by atoms with Crippen LogP contribution in [0.1, 0.15) is 30.0 Å². The predicted molar refractivity (Wildman–Crippen MR) is 86.4 cm³/mol. The van der Waals surface area contributed by atoms with Crippen molar-refractivity contribution in [3.05, 3.63) is 59.2 Å². The van der Waals surface area contributed by atoms with Gasteiger partial charge in [0, 0.05) is 16.3 Å². The van der Waals surface area contributed by atoms with E-state index in [0.717, 1.165) is 13.1 Å². The third-order valence-corrected chi connectivity index (χ3v) is 4.81. The van der Waals surface area contributed by atoms with Gasteiger partial charge in [0.1, 0.15) is 0 Å². The summed E-state index contributed by atoms with van der Waals surface area (Å²) in [5, 5.41) is 3.36. The smallest absolute Gasteiger partial charge is 0.0205 e. The lowest BCUT2D eigenvalue weighted by Gasteiger charge is -2.06. The molecule has 20 heavy (non-hydrogen) atoms. The van der Waals surface area contributed by atoms with Crippen LogP contribution in [0.5, 0.6) is 0 Å². The van der Waals surface area contributed by atoms with Gasteiger partial charge < -0.3 is 5.32 Å². The van der Waals surface area contributed by atoms with Crippen LogP contribution in [0.2, 0.25) is 0 Å². The van der Waals surface area contributed by atoms with Crippen molar-refractivity contribution in [2.75, 3.05) is 6.54 Å². The minimum absolute atomic E-state index is 0.959. The van der Waals surface area contributed by atoms with Gasteiger partial charge in [-0.25, -0.2) is 0 Å². The summed E-state index contributed by atoms with van der Waals surface area (Å²) < 4.78 is 0. The van der Waals surface area contributed by atoms with Crippen LogP contribution >= 0.6 is 11.8 Å². The third kappa shape index (κ3) is 3.25. The standard InChI is InChI=1S/C18H21NS/c1-2-19-13-14-6-9-17(10-7-14)20-18-11-8-15-4-3-5-16(15)12-18/h6-12,19H,2-5,13H2,1H3. The summed E-state index contributed by atoms with van der Waals surface area (Å²) >= 11 is 1.87. The molecule has 1 aliphatic rings. The maximum atomic E-state index is 3.36. The highest BCUT2D eigenvalue weighted by molar-refractivity contribution is 7.99. The van der Waals surface area contributed by atoms with Gasteiger partial charge in [0.05, 0.1) is 0 Å². The van der Waals surface area contributed by atoms with Crippen LogP contribution in [0.15, 0.2) is 52.3 Å². The molecule has 2 heteroatoms. The lowest BCUT2D eigenvalue weighted by Crippen LogP contribution is -2.11. The number of aryl methyl sites for hydroxylation is 2. The molecule has 0 atom stereocenters. The highest BCUT2D eigenvalue weighted by Crippen LogP contribution is 2.32. The largest absolute Gasteiger partial charge is 0.313 e. The molecule has 0 aromatic heterocycles. The Kier molecular flexibility index (Phi) is 4.44. The topological polar surface area (TPSA) is 12.0 Å². The van der Waals surface area contributed by atoms with E-state index in [9.17, 15) is 0 Å². The second-order valence-corrected chi connectivity index (χ2v) is 6.46. The molecule has 1 N–H and O–H groups in total. The number of rotatable bonds is 5. The van der Waals surface area contributed by atoms with Crippen LogP contribution in [0, 0.1) is 0 Å². The number of benzene rings is 2. The zero-order valence-electron chi connectivity index (χ0n) is 12.0. The van der Waals surface area contributed by atoms with Crippen molar-refractivity contribution >= 4 is 11.8 Å². The minimum atomic E-state index is 0.959. The van der Waals surface area contributed by atoms with Crippen LogP contribution in [0.4, 0.5) is 0 Å². The SMILES string of the molecule is CCNCc1ccc(Sc2ccc3c(c2)CCC3)cc1. The predicted octanol–water partition coefficient (Wildman–Crippen LogP) is 4.44. The van der Waals surface area contributed by atoms with Crippen molar-refractivity contribution in [1.29, 1.82) is 0 Å². The van der Waals surface area contributed by atoms with Gasteiger partial charge in [-0.3, -0.25) is 0 Å². The molecule has 0 amide bonds. The fraction of sp³-hybridized carbons (Fsp3) is 0.333. The van der Waals surface area contributed by atoms with Gasteiger partial charge in [-0.15, -0.1) is 0 Å². The van der Waals surface area contributed by atoms with Gasteiger partial charge >= 0.3 is 0 Å². The summed E-state index contributed by atoms with van der Waals surface area (Å²) in [6.07, 6.45) is 3.84. The number of hydrogen-bond donors (Lipinski definition) is 1. The summed E-state index contributed by atoms with van der Waals surface area (Å²) in [6.45, 7) is 4.12. The zero-order chi connectivity index (χ0) is 13.8. The van der Waals surface area contributed by atoms with E-state index < -0.39 is 0 Å². The van der Waals surface area contributed by atoms with Crippen molar-refractivity contribution < 1.29 is 0 Å². The van der Waals surface area contributed by atoms with E-state index in [0.29, 0.717) is 0 Å². The molecular formula is C18H21NS. The second kappa shape index (κ2) is 6.47. The molecule has 0 saturated heterocycles. The Morgan fingerprint density at radius 2 is 1.70 bits per heavy atom. The second-order valence-electron chi connectivity index (χ2n) is 5.31. The molecular weight excluding hydrogens is 262 g/mol. The molecule has 0 spiro atoms. The lowest BCUT2D eigenvalue weighted by atomic mass is 10.1. The zero-order valence-corrected chi connectivity index (χ0v) is 12.8. The molecule has 0 aliphatic heterocycles. The number of hydrogen-bond acceptors (Lipinski definition) is 2. The Morgan fingerprint density at radius 1 is 0.950 bits per heavy atom. The molecule has 0 radical (unpaired) electrons. The summed E-state index contributed by atoms with van der Waals surface area (Å²) in [7, 11) is 0. The lowest BCUT2D eigenvalue weighted by molar-refractivity contribution is 0.726. The van der Waals surface area contributed by atoms with E-state index in [2.05, 4.69) is 54.7 Å². The van der Waals surface area contributed by atoms with Crippen LogP contribution in [0.25, 0.3) is 0 Å². The van der Waals surface area contributed by atoms with E-state index in [4.69, 9.17) is 0 Å². The summed E-state index contributed by atoms with van der Waals surface area (Å²) in [5.41, 5.74) is 4.46. The van der Waals surface area contributed by atoms with E-state index >= 15 is 0 Å². The minimum Gasteiger partial charge on any atom is -0.313 e. The monoisotopic (exact) mass is 283 g/mol. The molecule has 1 nitrogen and oxygen atoms in total. The van der Waals surface area contributed by atoms with Crippen molar-refractivity contribution in [3.63, 3.8) is 0 Å². The summed E-state index contributed by atoms with van der Waals surface area (Å²) in [5.74, 6) is 0. The normalized spacial score (nSPS) is 13.4. The molecule has 104 valence electrons.